The maximum atomic E-state index is 10.4. The van der Waals surface area contributed by atoms with E-state index in [0.717, 1.165) is 22.1 Å². The van der Waals surface area contributed by atoms with Gasteiger partial charge in [0.2, 0.25) is 11.8 Å². The molecule has 1 saturated carbocycles. The molecule has 1 fully saturated rings. The summed E-state index contributed by atoms with van der Waals surface area (Å²) in [5.74, 6) is 0.906. The van der Waals surface area contributed by atoms with Crippen LogP contribution in [-0.2, 0) is 7.05 Å². The lowest BCUT2D eigenvalue weighted by Crippen LogP contribution is -2.20. The highest BCUT2D eigenvalue weighted by Crippen LogP contribution is 2.25. The fraction of sp³-hybridized carbons (Fsp3) is 0.421. The quantitative estimate of drug-likeness (QED) is 0.842. The van der Waals surface area contributed by atoms with E-state index in [4.69, 9.17) is 0 Å². The Labute approximate surface area is 146 Å². The van der Waals surface area contributed by atoms with E-state index in [1.807, 2.05) is 31.3 Å². The summed E-state index contributed by atoms with van der Waals surface area (Å²) >= 11 is 0. The molecule has 0 bridgehead atoms. The number of imidazole rings is 1. The minimum absolute atomic E-state index is 0.176. The van der Waals surface area contributed by atoms with Crippen LogP contribution in [0.25, 0.3) is 6.08 Å². The molecule has 6 heteroatoms. The van der Waals surface area contributed by atoms with Gasteiger partial charge in [0.15, 0.2) is 0 Å². The Morgan fingerprint density at radius 3 is 2.80 bits per heavy atom. The number of hydrogen-bond acceptors (Lipinski definition) is 5. The lowest BCUT2D eigenvalue weighted by molar-refractivity contribution is 0.431. The first-order valence-electron chi connectivity index (χ1n) is 8.96. The van der Waals surface area contributed by atoms with Gasteiger partial charge in [0.1, 0.15) is 5.69 Å². The molecule has 0 unspecified atom stereocenters. The summed E-state index contributed by atoms with van der Waals surface area (Å²) in [5, 5.41) is 23.7. The van der Waals surface area contributed by atoms with Crippen LogP contribution < -0.4 is 15.9 Å². The van der Waals surface area contributed by atoms with E-state index >= 15 is 0 Å². The van der Waals surface area contributed by atoms with Crippen LogP contribution in [-0.4, -0.2) is 26.9 Å². The van der Waals surface area contributed by atoms with E-state index in [0.29, 0.717) is 11.7 Å². The summed E-state index contributed by atoms with van der Waals surface area (Å²) in [6, 6.07) is 6.33. The molecule has 25 heavy (non-hydrogen) atoms. The number of rotatable bonds is 3. The fourth-order valence-electron chi connectivity index (χ4n) is 3.51. The van der Waals surface area contributed by atoms with Gasteiger partial charge in [0, 0.05) is 18.7 Å². The van der Waals surface area contributed by atoms with E-state index in [1.165, 1.54) is 38.5 Å². The van der Waals surface area contributed by atoms with Crippen LogP contribution in [0.2, 0.25) is 0 Å². The smallest absolute Gasteiger partial charge is 0.220 e. The zero-order valence-corrected chi connectivity index (χ0v) is 14.4. The minimum Gasteiger partial charge on any atom is -0.493 e. The average molecular weight is 337 g/mol. The van der Waals surface area contributed by atoms with E-state index in [-0.39, 0.29) is 5.88 Å². The maximum Gasteiger partial charge on any atom is 0.220 e. The van der Waals surface area contributed by atoms with Gasteiger partial charge in [-0.3, -0.25) is 4.57 Å². The van der Waals surface area contributed by atoms with Crippen LogP contribution in [0.5, 0.6) is 5.88 Å². The molecule has 2 heterocycles. The van der Waals surface area contributed by atoms with Crippen molar-refractivity contribution in [2.75, 3.05) is 5.32 Å². The molecule has 2 N–H and O–H groups in total. The van der Waals surface area contributed by atoms with E-state index in [2.05, 4.69) is 20.5 Å². The van der Waals surface area contributed by atoms with Crippen molar-refractivity contribution in [3.63, 3.8) is 0 Å². The van der Waals surface area contributed by atoms with Crippen LogP contribution in [0.4, 0.5) is 5.95 Å². The molecule has 4 rings (SSSR count). The van der Waals surface area contributed by atoms with Crippen molar-refractivity contribution in [1.82, 2.24) is 9.55 Å². The highest BCUT2D eigenvalue weighted by Gasteiger charge is 2.17. The fourth-order valence-corrected chi connectivity index (χ4v) is 3.51. The number of aromatic nitrogens is 2. The first kappa shape index (κ1) is 15.9. The molecule has 2 aliphatic rings. The number of aromatic hydroxyl groups is 1. The molecule has 0 spiro atoms. The average Bonchev–Trinajstić information content (AvgIpc) is 3.06. The Bertz CT molecular complexity index is 920. The number of nitrogens with zero attached hydrogens (tertiary/aromatic N) is 4. The Kier molecular flexibility index (Phi) is 4.26. The van der Waals surface area contributed by atoms with Crippen LogP contribution in [0.15, 0.2) is 28.4 Å². The first-order valence-corrected chi connectivity index (χ1v) is 8.96. The predicted octanol–water partition coefficient (Wildman–Crippen LogP) is 2.06. The number of benzene rings is 1. The van der Waals surface area contributed by atoms with Crippen molar-refractivity contribution in [3.8, 4) is 5.88 Å². The van der Waals surface area contributed by atoms with E-state index < -0.39 is 0 Å². The van der Waals surface area contributed by atoms with Crippen molar-refractivity contribution in [2.24, 2.45) is 17.3 Å². The van der Waals surface area contributed by atoms with Crippen molar-refractivity contribution < 1.29 is 5.11 Å². The van der Waals surface area contributed by atoms with E-state index in [9.17, 15) is 5.11 Å². The minimum atomic E-state index is 0.176. The Morgan fingerprint density at radius 1 is 1.20 bits per heavy atom. The maximum absolute atomic E-state index is 10.4. The molecule has 0 atom stereocenters. The number of anilines is 1. The van der Waals surface area contributed by atoms with Gasteiger partial charge in [0.05, 0.1) is 11.6 Å². The molecule has 0 saturated heterocycles. The van der Waals surface area contributed by atoms with Crippen LogP contribution in [0.1, 0.15) is 49.8 Å². The molecule has 1 aromatic heterocycles. The summed E-state index contributed by atoms with van der Waals surface area (Å²) in [6.07, 6.45) is 11.1. The second-order valence-electron chi connectivity index (χ2n) is 6.84. The summed E-state index contributed by atoms with van der Waals surface area (Å²) in [5.41, 5.74) is 1.56. The molecule has 1 aliphatic carbocycles. The predicted molar refractivity (Wildman–Crippen MR) is 98.4 cm³/mol. The lowest BCUT2D eigenvalue weighted by atomic mass is 10.1. The zero-order chi connectivity index (χ0) is 17.2. The van der Waals surface area contributed by atoms with Crippen LogP contribution in [0.3, 0.4) is 0 Å². The summed E-state index contributed by atoms with van der Waals surface area (Å²) in [7, 11) is 1.84. The van der Waals surface area contributed by atoms with Gasteiger partial charge in [0.25, 0.3) is 0 Å². The monoisotopic (exact) mass is 337 g/mol. The Morgan fingerprint density at radius 2 is 2.00 bits per heavy atom. The van der Waals surface area contributed by atoms with Gasteiger partial charge in [-0.25, -0.2) is 4.98 Å². The van der Waals surface area contributed by atoms with Crippen molar-refractivity contribution in [2.45, 2.75) is 44.6 Å². The molecule has 130 valence electrons. The molecule has 2 aromatic rings. The topological polar surface area (TPSA) is 74.8 Å². The molecular formula is C19H23N5O. The number of fused-ring (bicyclic) bond motifs is 1. The largest absolute Gasteiger partial charge is 0.493 e. The third kappa shape index (κ3) is 3.29. The lowest BCUT2D eigenvalue weighted by Gasteiger charge is -2.16. The van der Waals surface area contributed by atoms with Gasteiger partial charge >= 0.3 is 0 Å². The third-order valence-corrected chi connectivity index (χ3v) is 5.00. The highest BCUT2D eigenvalue weighted by atomic mass is 16.3. The van der Waals surface area contributed by atoms with Crippen LogP contribution in [0, 0.1) is 0 Å². The van der Waals surface area contributed by atoms with Gasteiger partial charge in [-0.15, -0.1) is 0 Å². The van der Waals surface area contributed by atoms with Gasteiger partial charge < -0.3 is 10.4 Å². The number of hydrogen-bond donors (Lipinski definition) is 2. The molecule has 0 amide bonds. The van der Waals surface area contributed by atoms with Crippen LogP contribution >= 0.6 is 0 Å². The normalized spacial score (nSPS) is 18.0. The second kappa shape index (κ2) is 6.70. The van der Waals surface area contributed by atoms with Crippen molar-refractivity contribution in [3.05, 3.63) is 40.0 Å². The molecular weight excluding hydrogens is 314 g/mol. The third-order valence-electron chi connectivity index (χ3n) is 5.00. The Hall–Kier alpha value is -2.63. The van der Waals surface area contributed by atoms with Crippen molar-refractivity contribution in [1.29, 1.82) is 0 Å². The second-order valence-corrected chi connectivity index (χ2v) is 6.84. The molecule has 0 radical (unpaired) electrons. The summed E-state index contributed by atoms with van der Waals surface area (Å²) in [6.45, 7) is 0. The van der Waals surface area contributed by atoms with Gasteiger partial charge in [-0.2, -0.15) is 10.2 Å². The van der Waals surface area contributed by atoms with Gasteiger partial charge in [-0.05, 0) is 36.3 Å². The first-order chi connectivity index (χ1) is 12.2. The van der Waals surface area contributed by atoms with Crippen molar-refractivity contribution >= 4 is 18.2 Å². The van der Waals surface area contributed by atoms with E-state index in [1.54, 1.807) is 10.8 Å². The highest BCUT2D eigenvalue weighted by molar-refractivity contribution is 5.80. The zero-order valence-electron chi connectivity index (χ0n) is 14.4. The summed E-state index contributed by atoms with van der Waals surface area (Å²) in [4.78, 5) is 4.61. The SMILES string of the molecule is Cn1c(NC2CCCCCC2)nc(C=c2ccc3c(c2)C=NN=3)c1O. The molecule has 1 aromatic carbocycles. The standard InChI is InChI=1S/C19H23N5O/c1-24-18(25)17(11-13-8-9-16-14(10-13)12-20-23-16)22-19(24)21-15-6-4-2-3-5-7-15/h8-12,15,25H,2-7H2,1H3,(H,21,22). The molecule has 1 aliphatic heterocycles. The Balaban J connectivity index is 1.62. The van der Waals surface area contributed by atoms with Gasteiger partial charge in [-0.1, -0.05) is 31.7 Å². The molecule has 6 nitrogen and oxygen atoms in total. The summed E-state index contributed by atoms with van der Waals surface area (Å²) < 4.78 is 1.72. The number of nitrogens with one attached hydrogen (secondary N) is 1.